The number of nitrogens with zero attached hydrogens (tertiary/aromatic N) is 1. The molecule has 0 bridgehead atoms. The molecule has 1 heterocycles. The number of hydrogen-bond acceptors (Lipinski definition) is 13. The van der Waals surface area contributed by atoms with Gasteiger partial charge in [0.05, 0.1) is 13.2 Å². The maximum absolute atomic E-state index is 13.9. The Labute approximate surface area is 360 Å². The molecular formula is C38H63N13O9S. The first-order valence-corrected chi connectivity index (χ1v) is 20.9. The quantitative estimate of drug-likeness (QED) is 0.0321. The molecule has 1 fully saturated rings. The van der Waals surface area contributed by atoms with Gasteiger partial charge in [-0.25, -0.2) is 0 Å². The highest BCUT2D eigenvalue weighted by atomic mass is 32.1. The summed E-state index contributed by atoms with van der Waals surface area (Å²) in [6.07, 6.45) is 1.98. The summed E-state index contributed by atoms with van der Waals surface area (Å²) in [5.41, 5.74) is 22.9. The van der Waals surface area contributed by atoms with Gasteiger partial charge in [0, 0.05) is 18.7 Å². The Morgan fingerprint density at radius 2 is 1.08 bits per heavy atom. The summed E-state index contributed by atoms with van der Waals surface area (Å²) < 4.78 is 0. The van der Waals surface area contributed by atoms with Gasteiger partial charge in [-0.2, -0.15) is 12.6 Å². The summed E-state index contributed by atoms with van der Waals surface area (Å²) >= 11 is 4.20. The van der Waals surface area contributed by atoms with Crippen molar-refractivity contribution >= 4 is 65.8 Å². The molecule has 340 valence electrons. The second-order valence-electron chi connectivity index (χ2n) is 14.4. The van der Waals surface area contributed by atoms with Crippen LogP contribution < -0.4 is 65.5 Å². The number of aliphatic hydroxyl groups is 1. The number of rotatable bonds is 16. The largest absolute Gasteiger partial charge is 0.394 e. The van der Waals surface area contributed by atoms with Crippen LogP contribution >= 0.6 is 12.6 Å². The summed E-state index contributed by atoms with van der Waals surface area (Å²) in [6, 6.07) is -0.664. The van der Waals surface area contributed by atoms with Gasteiger partial charge in [-0.3, -0.25) is 43.3 Å². The predicted octanol–water partition coefficient (Wildman–Crippen LogP) is -4.99. The fraction of sp³-hybridized carbons (Fsp3) is 0.605. The fourth-order valence-corrected chi connectivity index (χ4v) is 6.31. The average molecular weight is 878 g/mol. The molecule has 0 unspecified atom stereocenters. The van der Waals surface area contributed by atoms with Crippen molar-refractivity contribution in [3.63, 3.8) is 0 Å². The van der Waals surface area contributed by atoms with Crippen molar-refractivity contribution in [2.45, 2.75) is 107 Å². The standard InChI is InChI=1S/C38H63N13O9S/c1-22-31(54)44-19-30(53)46-24(12-5-7-15-39)32(55)48-26(14-9-17-43-38(41)42)33(56)47-25(13-6-8-16-40)34(57)50-28(20-52)36(59)49-27(18-23-10-3-2-4-11-23)35(58)51-29(21-61)37(60)45-22/h2-4,10-11,22,24-29,52,61H,5-9,12-21,39-40H2,1H3,(H,44,54)(H,45,60)(H,46,53)(H,47,56)(H,48,55)(H,49,59)(H,50,57)(H,51,58)(H4,41,42,43)/t22-,24-,25-,26-,27-,28-,29-/m0/s1. The summed E-state index contributed by atoms with van der Waals surface area (Å²) in [4.78, 5) is 112. The number of nitrogens with one attached hydrogen (secondary N) is 8. The van der Waals surface area contributed by atoms with Gasteiger partial charge in [-0.15, -0.1) is 0 Å². The Kier molecular flexibility index (Phi) is 23.8. The highest BCUT2D eigenvalue weighted by Gasteiger charge is 2.34. The highest BCUT2D eigenvalue weighted by molar-refractivity contribution is 7.80. The van der Waals surface area contributed by atoms with E-state index in [4.69, 9.17) is 22.9 Å². The molecule has 23 heteroatoms. The smallest absolute Gasteiger partial charge is 0.245 e. The summed E-state index contributed by atoms with van der Waals surface area (Å²) in [5.74, 6) is -6.93. The third-order valence-corrected chi connectivity index (χ3v) is 9.84. The first kappa shape index (κ1) is 51.6. The normalized spacial score (nSPS) is 24.3. The van der Waals surface area contributed by atoms with E-state index < -0.39 is 103 Å². The molecule has 17 N–H and O–H groups in total. The molecule has 1 aliphatic rings. The van der Waals surface area contributed by atoms with E-state index in [0.717, 1.165) is 0 Å². The van der Waals surface area contributed by atoms with Gasteiger partial charge in [0.25, 0.3) is 0 Å². The third kappa shape index (κ3) is 19.2. The number of carbonyl (C=O) groups excluding carboxylic acids is 8. The Bertz CT molecular complexity index is 1650. The number of benzene rings is 1. The van der Waals surface area contributed by atoms with Crippen molar-refractivity contribution in [2.24, 2.45) is 27.9 Å². The first-order chi connectivity index (χ1) is 29.1. The van der Waals surface area contributed by atoms with Crippen LogP contribution in [0.5, 0.6) is 0 Å². The van der Waals surface area contributed by atoms with Crippen molar-refractivity contribution in [1.82, 2.24) is 42.5 Å². The molecule has 0 saturated carbocycles. The molecule has 1 aromatic rings. The molecule has 1 saturated heterocycles. The van der Waals surface area contributed by atoms with Crippen LogP contribution in [0.25, 0.3) is 0 Å². The van der Waals surface area contributed by atoms with Crippen LogP contribution in [-0.4, -0.2) is 139 Å². The lowest BCUT2D eigenvalue weighted by Gasteiger charge is -2.27. The van der Waals surface area contributed by atoms with Crippen LogP contribution in [0.1, 0.15) is 63.9 Å². The van der Waals surface area contributed by atoms with E-state index in [1.54, 1.807) is 30.3 Å². The van der Waals surface area contributed by atoms with Crippen molar-refractivity contribution in [1.29, 1.82) is 0 Å². The molecule has 0 radical (unpaired) electrons. The lowest BCUT2D eigenvalue weighted by molar-refractivity contribution is -0.136. The number of carbonyl (C=O) groups is 8. The van der Waals surface area contributed by atoms with E-state index in [1.807, 2.05) is 0 Å². The molecule has 8 amide bonds. The zero-order valence-electron chi connectivity index (χ0n) is 34.5. The van der Waals surface area contributed by atoms with Crippen LogP contribution in [0.15, 0.2) is 35.3 Å². The van der Waals surface area contributed by atoms with Gasteiger partial charge in [0.15, 0.2) is 5.96 Å². The lowest BCUT2D eigenvalue weighted by Crippen LogP contribution is -2.61. The predicted molar refractivity (Wildman–Crippen MR) is 229 cm³/mol. The van der Waals surface area contributed by atoms with Crippen molar-refractivity contribution in [3.8, 4) is 0 Å². The van der Waals surface area contributed by atoms with Crippen LogP contribution in [0.3, 0.4) is 0 Å². The van der Waals surface area contributed by atoms with E-state index in [9.17, 15) is 43.5 Å². The first-order valence-electron chi connectivity index (χ1n) is 20.2. The minimum Gasteiger partial charge on any atom is -0.394 e. The van der Waals surface area contributed by atoms with Gasteiger partial charge in [-0.1, -0.05) is 30.3 Å². The Morgan fingerprint density at radius 3 is 1.61 bits per heavy atom. The highest BCUT2D eigenvalue weighted by Crippen LogP contribution is 2.09. The summed E-state index contributed by atoms with van der Waals surface area (Å²) in [7, 11) is 0. The van der Waals surface area contributed by atoms with Gasteiger partial charge >= 0.3 is 0 Å². The van der Waals surface area contributed by atoms with Crippen molar-refractivity contribution in [3.05, 3.63) is 35.9 Å². The molecule has 2 rings (SSSR count). The number of aliphatic imine (C=N–C) groups is 1. The number of aliphatic hydroxyl groups excluding tert-OH is 1. The molecule has 1 aromatic carbocycles. The van der Waals surface area contributed by atoms with Crippen molar-refractivity contribution < 1.29 is 43.5 Å². The van der Waals surface area contributed by atoms with E-state index in [2.05, 4.69) is 60.2 Å². The Morgan fingerprint density at radius 1 is 0.623 bits per heavy atom. The number of guanidine groups is 1. The van der Waals surface area contributed by atoms with Crippen LogP contribution in [-0.2, 0) is 44.8 Å². The molecule has 0 spiro atoms. The molecular weight excluding hydrogens is 815 g/mol. The molecule has 7 atom stereocenters. The van der Waals surface area contributed by atoms with E-state index in [-0.39, 0.29) is 56.9 Å². The molecule has 0 aliphatic carbocycles. The SMILES string of the molecule is C[C@@H]1NC(=O)[C@H](CS)NC(=O)[C@H](Cc2ccccc2)NC(=O)[C@H](CO)NC(=O)[C@H](CCCCN)NC(=O)[C@H](CCCN=C(N)N)NC(=O)[C@H](CCCCN)NC(=O)CNC1=O. The molecule has 61 heavy (non-hydrogen) atoms. The zero-order valence-corrected chi connectivity index (χ0v) is 35.3. The second-order valence-corrected chi connectivity index (χ2v) is 14.8. The Balaban J connectivity index is 2.59. The van der Waals surface area contributed by atoms with Gasteiger partial charge < -0.3 is 70.6 Å². The fourth-order valence-electron chi connectivity index (χ4n) is 6.05. The maximum Gasteiger partial charge on any atom is 0.245 e. The molecule has 0 aromatic heterocycles. The van der Waals surface area contributed by atoms with Crippen LogP contribution in [0.4, 0.5) is 0 Å². The summed E-state index contributed by atoms with van der Waals surface area (Å²) in [5, 5.41) is 30.5. The van der Waals surface area contributed by atoms with Crippen molar-refractivity contribution in [2.75, 3.05) is 38.5 Å². The Hall–Kier alpha value is -5.52. The topological polar surface area (TPSA) is 369 Å². The lowest BCUT2D eigenvalue weighted by atomic mass is 10.0. The van der Waals surface area contributed by atoms with Crippen LogP contribution in [0.2, 0.25) is 0 Å². The maximum atomic E-state index is 13.9. The second kappa shape index (κ2) is 28.1. The van der Waals surface area contributed by atoms with E-state index in [1.165, 1.54) is 6.92 Å². The molecule has 22 nitrogen and oxygen atoms in total. The van der Waals surface area contributed by atoms with E-state index >= 15 is 0 Å². The number of thiol groups is 1. The number of nitrogens with two attached hydrogens (primary N) is 4. The summed E-state index contributed by atoms with van der Waals surface area (Å²) in [6.45, 7) is 0.500. The van der Waals surface area contributed by atoms with Gasteiger partial charge in [0.2, 0.25) is 47.3 Å². The monoisotopic (exact) mass is 877 g/mol. The number of unbranched alkanes of at least 4 members (excludes halogenated alkanes) is 2. The number of amides is 8. The number of hydrogen-bond donors (Lipinski definition) is 14. The minimum absolute atomic E-state index is 0.0186. The molecule has 1 aliphatic heterocycles. The van der Waals surface area contributed by atoms with E-state index in [0.29, 0.717) is 37.8 Å². The third-order valence-electron chi connectivity index (χ3n) is 9.48. The zero-order chi connectivity index (χ0) is 45.3. The average Bonchev–Trinajstić information content (AvgIpc) is 3.23. The minimum atomic E-state index is -1.62. The van der Waals surface area contributed by atoms with Gasteiger partial charge in [0.1, 0.15) is 42.3 Å². The van der Waals surface area contributed by atoms with Gasteiger partial charge in [-0.05, 0) is 76.9 Å². The van der Waals surface area contributed by atoms with Crippen LogP contribution in [0, 0.1) is 0 Å².